The van der Waals surface area contributed by atoms with Crippen molar-refractivity contribution in [2.75, 3.05) is 18.5 Å². The summed E-state index contributed by atoms with van der Waals surface area (Å²) in [6, 6.07) is 8.27. The molecule has 0 radical (unpaired) electrons. The molecular weight excluding hydrogens is 380 g/mol. The molecule has 0 aliphatic carbocycles. The van der Waals surface area contributed by atoms with Crippen LogP contribution in [0.4, 0.5) is 5.82 Å². The molecule has 0 unspecified atom stereocenters. The van der Waals surface area contributed by atoms with Crippen molar-refractivity contribution >= 4 is 33.6 Å². The van der Waals surface area contributed by atoms with Gasteiger partial charge in [-0.2, -0.15) is 5.10 Å². The summed E-state index contributed by atoms with van der Waals surface area (Å²) in [4.78, 5) is 18.3. The van der Waals surface area contributed by atoms with E-state index in [9.17, 15) is 0 Å². The van der Waals surface area contributed by atoms with Crippen LogP contribution in [0.3, 0.4) is 0 Å². The summed E-state index contributed by atoms with van der Waals surface area (Å²) >= 11 is 1.71. The number of likely N-dealkylation sites (tertiary alicyclic amines) is 1. The van der Waals surface area contributed by atoms with Crippen molar-refractivity contribution < 1.29 is 0 Å². The second kappa shape index (κ2) is 8.55. The van der Waals surface area contributed by atoms with Gasteiger partial charge in [0.25, 0.3) is 0 Å². The summed E-state index contributed by atoms with van der Waals surface area (Å²) < 4.78 is 0. The predicted octanol–water partition coefficient (Wildman–Crippen LogP) is 4.82. The lowest BCUT2D eigenvalue weighted by atomic mass is 9.94. The summed E-state index contributed by atoms with van der Waals surface area (Å²) in [6.07, 6.45) is 7.27. The summed E-state index contributed by atoms with van der Waals surface area (Å²) in [5, 5.41) is 5.39. The van der Waals surface area contributed by atoms with Crippen molar-refractivity contribution in [2.45, 2.75) is 52.0 Å². The lowest BCUT2D eigenvalue weighted by molar-refractivity contribution is 0.218. The highest BCUT2D eigenvalue weighted by Crippen LogP contribution is 2.35. The minimum atomic E-state index is 0.0879. The van der Waals surface area contributed by atoms with Crippen molar-refractivity contribution in [3.63, 3.8) is 0 Å². The molecule has 0 saturated carbocycles. The Labute approximate surface area is 176 Å². The normalized spacial score (nSPS) is 16.0. The smallest absolute Gasteiger partial charge is 0.158 e. The summed E-state index contributed by atoms with van der Waals surface area (Å²) in [5.74, 6) is 0.725. The van der Waals surface area contributed by atoms with E-state index in [4.69, 9.17) is 4.98 Å². The first kappa shape index (κ1) is 19.9. The molecule has 0 aromatic carbocycles. The second-order valence-corrected chi connectivity index (χ2v) is 9.59. The maximum absolute atomic E-state index is 4.74. The molecule has 7 heteroatoms. The number of hydrogen-bond acceptors (Lipinski definition) is 7. The van der Waals surface area contributed by atoms with Gasteiger partial charge in [-0.25, -0.2) is 9.97 Å². The van der Waals surface area contributed by atoms with E-state index in [2.05, 4.69) is 58.3 Å². The third kappa shape index (κ3) is 4.97. The number of aromatic nitrogens is 3. The molecule has 0 spiro atoms. The Morgan fingerprint density at radius 3 is 2.79 bits per heavy atom. The van der Waals surface area contributed by atoms with Gasteiger partial charge in [0.15, 0.2) is 5.82 Å². The van der Waals surface area contributed by atoms with Gasteiger partial charge < -0.3 is 0 Å². The van der Waals surface area contributed by atoms with Crippen LogP contribution in [0.15, 0.2) is 35.7 Å². The van der Waals surface area contributed by atoms with Gasteiger partial charge in [-0.15, -0.1) is 11.3 Å². The zero-order valence-electron chi connectivity index (χ0n) is 17.4. The molecule has 1 aliphatic rings. The van der Waals surface area contributed by atoms with Gasteiger partial charge >= 0.3 is 0 Å². The molecule has 0 amide bonds. The van der Waals surface area contributed by atoms with E-state index in [-0.39, 0.29) is 5.41 Å². The zero-order chi connectivity index (χ0) is 20.3. The van der Waals surface area contributed by atoms with Crippen molar-refractivity contribution in [1.82, 2.24) is 19.9 Å². The van der Waals surface area contributed by atoms with Crippen LogP contribution in [0, 0.1) is 0 Å². The van der Waals surface area contributed by atoms with Crippen molar-refractivity contribution in [3.8, 4) is 0 Å². The number of hydrazone groups is 1. The molecule has 152 valence electrons. The number of nitrogens with zero attached hydrogens (tertiary/aromatic N) is 5. The van der Waals surface area contributed by atoms with Gasteiger partial charge in [0, 0.05) is 11.4 Å². The SMILES string of the molecule is CC(C)(C)c1cc2c(NN=Cc3cccc(CN4CCCCC4)n3)ncnc2s1. The van der Waals surface area contributed by atoms with Gasteiger partial charge in [0.1, 0.15) is 11.2 Å². The van der Waals surface area contributed by atoms with Gasteiger partial charge in [-0.1, -0.05) is 33.3 Å². The van der Waals surface area contributed by atoms with E-state index in [1.54, 1.807) is 23.9 Å². The molecule has 0 bridgehead atoms. The zero-order valence-corrected chi connectivity index (χ0v) is 18.2. The maximum atomic E-state index is 4.74. The van der Waals surface area contributed by atoms with Crippen LogP contribution in [0.1, 0.15) is 56.3 Å². The minimum absolute atomic E-state index is 0.0879. The molecule has 1 aliphatic heterocycles. The third-order valence-corrected chi connectivity index (χ3v) is 6.57. The van der Waals surface area contributed by atoms with Crippen LogP contribution in [0.2, 0.25) is 0 Å². The Morgan fingerprint density at radius 1 is 1.17 bits per heavy atom. The first-order valence-corrected chi connectivity index (χ1v) is 11.0. The number of rotatable bonds is 5. The first-order chi connectivity index (χ1) is 14.0. The summed E-state index contributed by atoms with van der Waals surface area (Å²) in [7, 11) is 0. The Balaban J connectivity index is 1.46. The molecule has 3 aromatic rings. The lowest BCUT2D eigenvalue weighted by Crippen LogP contribution is -2.29. The van der Waals surface area contributed by atoms with E-state index < -0.39 is 0 Å². The average molecular weight is 409 g/mol. The quantitative estimate of drug-likeness (QED) is 0.484. The summed E-state index contributed by atoms with van der Waals surface area (Å²) in [6.45, 7) is 9.87. The van der Waals surface area contributed by atoms with Crippen LogP contribution in [0.5, 0.6) is 0 Å². The Hall–Kier alpha value is -2.38. The van der Waals surface area contributed by atoms with E-state index in [0.717, 1.165) is 34.0 Å². The number of pyridine rings is 1. The van der Waals surface area contributed by atoms with E-state index >= 15 is 0 Å². The van der Waals surface area contributed by atoms with Crippen molar-refractivity contribution in [3.05, 3.63) is 46.9 Å². The Morgan fingerprint density at radius 2 is 2.00 bits per heavy atom. The molecule has 0 atom stereocenters. The molecule has 4 heterocycles. The predicted molar refractivity (Wildman–Crippen MR) is 121 cm³/mol. The van der Waals surface area contributed by atoms with Crippen LogP contribution < -0.4 is 5.43 Å². The van der Waals surface area contributed by atoms with Crippen molar-refractivity contribution in [2.24, 2.45) is 5.10 Å². The first-order valence-electron chi connectivity index (χ1n) is 10.2. The van der Waals surface area contributed by atoms with Crippen molar-refractivity contribution in [1.29, 1.82) is 0 Å². The molecule has 4 rings (SSSR count). The monoisotopic (exact) mass is 408 g/mol. The van der Waals surface area contributed by atoms with Crippen LogP contribution in [0.25, 0.3) is 10.2 Å². The fraction of sp³-hybridized carbons (Fsp3) is 0.455. The third-order valence-electron chi connectivity index (χ3n) is 5.10. The van der Waals surface area contributed by atoms with Gasteiger partial charge in [0.2, 0.25) is 0 Å². The van der Waals surface area contributed by atoms with E-state index in [1.165, 1.54) is 37.2 Å². The topological polar surface area (TPSA) is 66.3 Å². The highest BCUT2D eigenvalue weighted by Gasteiger charge is 2.19. The summed E-state index contributed by atoms with van der Waals surface area (Å²) in [5.41, 5.74) is 5.10. The second-order valence-electron chi connectivity index (χ2n) is 8.56. The van der Waals surface area contributed by atoms with Crippen LogP contribution >= 0.6 is 11.3 Å². The largest absolute Gasteiger partial charge is 0.298 e. The number of nitrogens with one attached hydrogen (secondary N) is 1. The number of fused-ring (bicyclic) bond motifs is 1. The molecule has 1 N–H and O–H groups in total. The molecular formula is C22H28N6S. The Kier molecular flexibility index (Phi) is 5.87. The minimum Gasteiger partial charge on any atom is -0.298 e. The molecule has 29 heavy (non-hydrogen) atoms. The van der Waals surface area contributed by atoms with E-state index in [0.29, 0.717) is 0 Å². The molecule has 6 nitrogen and oxygen atoms in total. The molecule has 3 aromatic heterocycles. The number of piperidine rings is 1. The van der Waals surface area contributed by atoms with E-state index in [1.807, 2.05) is 12.1 Å². The number of hydrogen-bond donors (Lipinski definition) is 1. The fourth-order valence-electron chi connectivity index (χ4n) is 3.48. The van der Waals surface area contributed by atoms with Gasteiger partial charge in [0.05, 0.1) is 23.0 Å². The standard InChI is InChI=1S/C22H28N6S/c1-22(2,3)19-12-18-20(23-15-24-21(18)29-19)27-25-13-16-8-7-9-17(26-16)14-28-10-5-4-6-11-28/h7-9,12-13,15H,4-6,10-11,14H2,1-3H3,(H,23,24,27). The molecule has 1 fully saturated rings. The number of thiophene rings is 1. The Bertz CT molecular complexity index is 998. The van der Waals surface area contributed by atoms with Crippen LogP contribution in [-0.2, 0) is 12.0 Å². The lowest BCUT2D eigenvalue weighted by Gasteiger charge is -2.25. The van der Waals surface area contributed by atoms with Gasteiger partial charge in [-0.3, -0.25) is 15.3 Å². The average Bonchev–Trinajstić information content (AvgIpc) is 3.15. The molecule has 1 saturated heterocycles. The highest BCUT2D eigenvalue weighted by molar-refractivity contribution is 7.18. The highest BCUT2D eigenvalue weighted by atomic mass is 32.1. The number of anilines is 1. The fourth-order valence-corrected chi connectivity index (χ4v) is 4.54. The maximum Gasteiger partial charge on any atom is 0.158 e. The van der Waals surface area contributed by atoms with Crippen LogP contribution in [-0.4, -0.2) is 39.2 Å². The van der Waals surface area contributed by atoms with Gasteiger partial charge in [-0.05, 0) is 49.5 Å².